The van der Waals surface area contributed by atoms with Gasteiger partial charge in [-0.15, -0.1) is 0 Å². The van der Waals surface area contributed by atoms with Crippen molar-refractivity contribution in [2.75, 3.05) is 39.8 Å². The molecular formula is C14H24N2O4. The van der Waals surface area contributed by atoms with E-state index in [1.54, 1.807) is 0 Å². The highest BCUT2D eigenvalue weighted by Gasteiger charge is 2.32. The molecule has 0 N–H and O–H groups in total. The molecule has 3 atom stereocenters. The molecular weight excluding hydrogens is 260 g/mol. The number of hydrogen-bond donors (Lipinski definition) is 0. The van der Waals surface area contributed by atoms with Crippen LogP contribution in [0, 0.1) is 5.92 Å². The van der Waals surface area contributed by atoms with E-state index in [0.29, 0.717) is 26.2 Å². The van der Waals surface area contributed by atoms with Crippen LogP contribution in [0.1, 0.15) is 20.3 Å². The standard InChI is InChI=1S/C14H24N2O4/c1-10-6-16(7-11(2)20-10)13(17)9-15-5-4-12(8-15)14(18)19-3/h10-12H,4-9H2,1-3H3. The third-order valence-electron chi connectivity index (χ3n) is 3.94. The number of methoxy groups -OCH3 is 1. The first-order chi connectivity index (χ1) is 9.49. The van der Waals surface area contributed by atoms with Gasteiger partial charge in [-0.25, -0.2) is 0 Å². The third-order valence-corrected chi connectivity index (χ3v) is 3.94. The Morgan fingerprint density at radius 1 is 1.20 bits per heavy atom. The fraction of sp³-hybridized carbons (Fsp3) is 0.857. The number of amides is 1. The molecule has 3 unspecified atom stereocenters. The van der Waals surface area contributed by atoms with Crippen molar-refractivity contribution in [3.8, 4) is 0 Å². The summed E-state index contributed by atoms with van der Waals surface area (Å²) < 4.78 is 10.4. The number of carbonyl (C=O) groups excluding carboxylic acids is 2. The molecule has 0 bridgehead atoms. The lowest BCUT2D eigenvalue weighted by atomic mass is 10.1. The fourth-order valence-electron chi connectivity index (χ4n) is 3.01. The molecule has 0 saturated carbocycles. The minimum atomic E-state index is -0.173. The first-order valence-corrected chi connectivity index (χ1v) is 7.23. The number of nitrogens with zero attached hydrogens (tertiary/aromatic N) is 2. The third kappa shape index (κ3) is 3.70. The Hall–Kier alpha value is -1.14. The number of rotatable bonds is 3. The van der Waals surface area contributed by atoms with Gasteiger partial charge in [-0.3, -0.25) is 14.5 Å². The minimum Gasteiger partial charge on any atom is -0.469 e. The van der Waals surface area contributed by atoms with Crippen molar-refractivity contribution >= 4 is 11.9 Å². The van der Waals surface area contributed by atoms with Gasteiger partial charge in [0.05, 0.1) is 31.8 Å². The van der Waals surface area contributed by atoms with Crippen LogP contribution in [-0.4, -0.2) is 73.7 Å². The van der Waals surface area contributed by atoms with Crippen LogP contribution in [0.5, 0.6) is 0 Å². The Bertz CT molecular complexity index is 364. The molecule has 6 nitrogen and oxygen atoms in total. The molecule has 2 rings (SSSR count). The summed E-state index contributed by atoms with van der Waals surface area (Å²) >= 11 is 0. The highest BCUT2D eigenvalue weighted by molar-refractivity contribution is 5.79. The summed E-state index contributed by atoms with van der Waals surface area (Å²) in [6, 6.07) is 0. The lowest BCUT2D eigenvalue weighted by Crippen LogP contribution is -2.50. The predicted octanol–water partition coefficient (Wildman–Crippen LogP) is 0.117. The second kappa shape index (κ2) is 6.54. The highest BCUT2D eigenvalue weighted by Crippen LogP contribution is 2.18. The van der Waals surface area contributed by atoms with Crippen molar-refractivity contribution in [3.63, 3.8) is 0 Å². The fourth-order valence-corrected chi connectivity index (χ4v) is 3.01. The van der Waals surface area contributed by atoms with Crippen LogP contribution in [0.4, 0.5) is 0 Å². The Labute approximate surface area is 120 Å². The van der Waals surface area contributed by atoms with E-state index in [2.05, 4.69) is 0 Å². The average molecular weight is 284 g/mol. The summed E-state index contributed by atoms with van der Waals surface area (Å²) in [4.78, 5) is 27.7. The summed E-state index contributed by atoms with van der Waals surface area (Å²) in [6.07, 6.45) is 0.948. The number of hydrogen-bond acceptors (Lipinski definition) is 5. The zero-order valence-corrected chi connectivity index (χ0v) is 12.5. The second-order valence-corrected chi connectivity index (χ2v) is 5.80. The quantitative estimate of drug-likeness (QED) is 0.689. The van der Waals surface area contributed by atoms with Crippen molar-refractivity contribution < 1.29 is 19.1 Å². The number of carbonyl (C=O) groups is 2. The number of likely N-dealkylation sites (tertiary alicyclic amines) is 1. The van der Waals surface area contributed by atoms with Gasteiger partial charge in [-0.05, 0) is 26.8 Å². The van der Waals surface area contributed by atoms with Crippen LogP contribution in [0.15, 0.2) is 0 Å². The Morgan fingerprint density at radius 3 is 2.45 bits per heavy atom. The molecule has 0 radical (unpaired) electrons. The van der Waals surface area contributed by atoms with Gasteiger partial charge < -0.3 is 14.4 Å². The lowest BCUT2D eigenvalue weighted by molar-refractivity contribution is -0.146. The van der Waals surface area contributed by atoms with Gasteiger partial charge in [-0.1, -0.05) is 0 Å². The van der Waals surface area contributed by atoms with Crippen molar-refractivity contribution in [2.45, 2.75) is 32.5 Å². The van der Waals surface area contributed by atoms with E-state index in [0.717, 1.165) is 13.0 Å². The molecule has 0 aliphatic carbocycles. The Balaban J connectivity index is 1.82. The number of ether oxygens (including phenoxy) is 2. The normalized spacial score (nSPS) is 31.4. The van der Waals surface area contributed by atoms with Gasteiger partial charge in [0, 0.05) is 19.6 Å². The monoisotopic (exact) mass is 284 g/mol. The number of esters is 1. The molecule has 0 spiro atoms. The molecule has 0 aromatic heterocycles. The zero-order chi connectivity index (χ0) is 14.7. The van der Waals surface area contributed by atoms with E-state index in [1.807, 2.05) is 23.6 Å². The largest absolute Gasteiger partial charge is 0.469 e. The van der Waals surface area contributed by atoms with Crippen LogP contribution in [0.25, 0.3) is 0 Å². The summed E-state index contributed by atoms with van der Waals surface area (Å²) in [5.41, 5.74) is 0. The van der Waals surface area contributed by atoms with Gasteiger partial charge in [-0.2, -0.15) is 0 Å². The zero-order valence-electron chi connectivity index (χ0n) is 12.5. The molecule has 0 aromatic rings. The topological polar surface area (TPSA) is 59.1 Å². The molecule has 20 heavy (non-hydrogen) atoms. The van der Waals surface area contributed by atoms with Gasteiger partial charge in [0.1, 0.15) is 0 Å². The van der Waals surface area contributed by atoms with Crippen LogP contribution < -0.4 is 0 Å². The molecule has 114 valence electrons. The van der Waals surface area contributed by atoms with Gasteiger partial charge in [0.25, 0.3) is 0 Å². The van der Waals surface area contributed by atoms with E-state index in [4.69, 9.17) is 9.47 Å². The summed E-state index contributed by atoms with van der Waals surface area (Å²) in [5.74, 6) is -0.138. The summed E-state index contributed by atoms with van der Waals surface area (Å²) in [6.45, 7) is 7.05. The SMILES string of the molecule is COC(=O)C1CCN(CC(=O)N2CC(C)OC(C)C2)C1. The van der Waals surface area contributed by atoms with Crippen molar-refractivity contribution in [2.24, 2.45) is 5.92 Å². The Kier molecular flexibility index (Phi) is 4.99. The van der Waals surface area contributed by atoms with Crippen molar-refractivity contribution in [1.29, 1.82) is 0 Å². The molecule has 2 heterocycles. The van der Waals surface area contributed by atoms with Gasteiger partial charge in [0.15, 0.2) is 0 Å². The van der Waals surface area contributed by atoms with Gasteiger partial charge >= 0.3 is 5.97 Å². The van der Waals surface area contributed by atoms with Crippen LogP contribution in [0.3, 0.4) is 0 Å². The predicted molar refractivity (Wildman–Crippen MR) is 73.2 cm³/mol. The molecule has 6 heteroatoms. The van der Waals surface area contributed by atoms with E-state index in [1.165, 1.54) is 7.11 Å². The molecule has 2 aliphatic rings. The molecule has 0 aromatic carbocycles. The first-order valence-electron chi connectivity index (χ1n) is 7.23. The van der Waals surface area contributed by atoms with Crippen LogP contribution in [0.2, 0.25) is 0 Å². The maximum Gasteiger partial charge on any atom is 0.310 e. The average Bonchev–Trinajstić information content (AvgIpc) is 2.85. The molecule has 1 amide bonds. The first kappa shape index (κ1) is 15.3. The van der Waals surface area contributed by atoms with Gasteiger partial charge in [0.2, 0.25) is 5.91 Å². The van der Waals surface area contributed by atoms with E-state index >= 15 is 0 Å². The maximum absolute atomic E-state index is 12.3. The second-order valence-electron chi connectivity index (χ2n) is 5.80. The van der Waals surface area contributed by atoms with E-state index in [-0.39, 0.29) is 30.0 Å². The number of morpholine rings is 1. The highest BCUT2D eigenvalue weighted by atomic mass is 16.5. The van der Waals surface area contributed by atoms with E-state index < -0.39 is 0 Å². The minimum absolute atomic E-state index is 0.0871. The summed E-state index contributed by atoms with van der Waals surface area (Å²) in [7, 11) is 1.41. The van der Waals surface area contributed by atoms with Crippen LogP contribution in [-0.2, 0) is 19.1 Å². The molecule has 2 saturated heterocycles. The van der Waals surface area contributed by atoms with Crippen molar-refractivity contribution in [3.05, 3.63) is 0 Å². The van der Waals surface area contributed by atoms with E-state index in [9.17, 15) is 9.59 Å². The van der Waals surface area contributed by atoms with Crippen molar-refractivity contribution in [1.82, 2.24) is 9.80 Å². The summed E-state index contributed by atoms with van der Waals surface area (Å²) in [5, 5.41) is 0. The molecule has 2 fully saturated rings. The maximum atomic E-state index is 12.3. The lowest BCUT2D eigenvalue weighted by Gasteiger charge is -2.36. The molecule has 2 aliphatic heterocycles. The van der Waals surface area contributed by atoms with Crippen LogP contribution >= 0.6 is 0 Å². The Morgan fingerprint density at radius 2 is 1.85 bits per heavy atom. The smallest absolute Gasteiger partial charge is 0.310 e.